The Morgan fingerprint density at radius 2 is 1.86 bits per heavy atom. The van der Waals surface area contributed by atoms with Crippen LogP contribution in [0.5, 0.6) is 0 Å². The van der Waals surface area contributed by atoms with Crippen molar-refractivity contribution >= 4 is 10.9 Å². The lowest BCUT2D eigenvalue weighted by molar-refractivity contribution is 0.667. The van der Waals surface area contributed by atoms with Gasteiger partial charge >= 0.3 is 0 Å². The molecule has 3 rings (SSSR count). The summed E-state index contributed by atoms with van der Waals surface area (Å²) in [5.41, 5.74) is 11.3. The van der Waals surface area contributed by atoms with Gasteiger partial charge in [-0.15, -0.1) is 0 Å². The molecule has 2 nitrogen and oxygen atoms in total. The van der Waals surface area contributed by atoms with E-state index in [9.17, 15) is 0 Å². The van der Waals surface area contributed by atoms with Gasteiger partial charge in [-0.1, -0.05) is 48.0 Å². The quantitative estimate of drug-likeness (QED) is 0.790. The molecular formula is C19H20N2. The molecule has 0 spiro atoms. The number of pyridine rings is 1. The summed E-state index contributed by atoms with van der Waals surface area (Å²) >= 11 is 0. The fourth-order valence-corrected chi connectivity index (χ4v) is 2.83. The molecule has 0 radical (unpaired) electrons. The minimum atomic E-state index is 0.123. The Hall–Kier alpha value is -2.19. The average Bonchev–Trinajstić information content (AvgIpc) is 2.47. The molecule has 2 aromatic carbocycles. The number of para-hydroxylation sites is 1. The summed E-state index contributed by atoms with van der Waals surface area (Å²) in [5, 5.41) is 1.21. The van der Waals surface area contributed by atoms with E-state index in [0.717, 1.165) is 18.4 Å². The Morgan fingerprint density at radius 3 is 2.71 bits per heavy atom. The lowest BCUT2D eigenvalue weighted by atomic mass is 9.97. The summed E-state index contributed by atoms with van der Waals surface area (Å²) in [6.45, 7) is 2.12. The van der Waals surface area contributed by atoms with Gasteiger partial charge in [-0.25, -0.2) is 0 Å². The third kappa shape index (κ3) is 3.29. The normalized spacial score (nSPS) is 12.5. The van der Waals surface area contributed by atoms with Gasteiger partial charge < -0.3 is 5.73 Å². The molecule has 0 aliphatic heterocycles. The lowest BCUT2D eigenvalue weighted by Gasteiger charge is -2.13. The van der Waals surface area contributed by atoms with Gasteiger partial charge in [0.05, 0.1) is 5.52 Å². The highest BCUT2D eigenvalue weighted by molar-refractivity contribution is 5.81. The number of aromatic nitrogens is 1. The molecule has 21 heavy (non-hydrogen) atoms. The van der Waals surface area contributed by atoms with E-state index >= 15 is 0 Å². The molecule has 0 saturated heterocycles. The fraction of sp³-hybridized carbons (Fsp3) is 0.211. The van der Waals surface area contributed by atoms with Crippen molar-refractivity contribution in [1.82, 2.24) is 4.98 Å². The summed E-state index contributed by atoms with van der Waals surface area (Å²) in [6.07, 6.45) is 3.65. The van der Waals surface area contributed by atoms with Crippen molar-refractivity contribution < 1.29 is 0 Å². The van der Waals surface area contributed by atoms with Crippen LogP contribution >= 0.6 is 0 Å². The molecule has 0 aliphatic carbocycles. The molecule has 2 heteroatoms. The van der Waals surface area contributed by atoms with E-state index < -0.39 is 0 Å². The third-order valence-corrected chi connectivity index (χ3v) is 3.80. The molecule has 0 fully saturated rings. The molecule has 3 aromatic rings. The van der Waals surface area contributed by atoms with Crippen molar-refractivity contribution in [3.05, 3.63) is 77.5 Å². The number of nitrogens with two attached hydrogens (primary N) is 1. The maximum Gasteiger partial charge on any atom is 0.0704 e. The van der Waals surface area contributed by atoms with E-state index in [2.05, 4.69) is 54.4 Å². The molecule has 0 aliphatic rings. The lowest BCUT2D eigenvalue weighted by Crippen LogP contribution is -2.25. The van der Waals surface area contributed by atoms with Crippen molar-refractivity contribution in [3.63, 3.8) is 0 Å². The van der Waals surface area contributed by atoms with Gasteiger partial charge in [0.25, 0.3) is 0 Å². The largest absolute Gasteiger partial charge is 0.327 e. The summed E-state index contributed by atoms with van der Waals surface area (Å²) in [5.74, 6) is 0. The third-order valence-electron chi connectivity index (χ3n) is 3.80. The second-order valence-corrected chi connectivity index (χ2v) is 5.64. The summed E-state index contributed by atoms with van der Waals surface area (Å²) < 4.78 is 0. The summed E-state index contributed by atoms with van der Waals surface area (Å²) in [4.78, 5) is 4.40. The first kappa shape index (κ1) is 13.8. The SMILES string of the molecule is Cc1cccc(CC(N)Cc2ccnc3ccccc23)c1. The smallest absolute Gasteiger partial charge is 0.0704 e. The minimum absolute atomic E-state index is 0.123. The van der Waals surface area contributed by atoms with Gasteiger partial charge in [0.2, 0.25) is 0 Å². The van der Waals surface area contributed by atoms with E-state index in [1.54, 1.807) is 0 Å². The van der Waals surface area contributed by atoms with Crippen LogP contribution in [0, 0.1) is 6.92 Å². The zero-order valence-corrected chi connectivity index (χ0v) is 12.3. The fourth-order valence-electron chi connectivity index (χ4n) is 2.83. The maximum atomic E-state index is 6.36. The summed E-state index contributed by atoms with van der Waals surface area (Å²) in [7, 11) is 0. The molecule has 0 bridgehead atoms. The van der Waals surface area contributed by atoms with Crippen LogP contribution in [-0.2, 0) is 12.8 Å². The van der Waals surface area contributed by atoms with Crippen molar-refractivity contribution in [2.45, 2.75) is 25.8 Å². The van der Waals surface area contributed by atoms with Crippen LogP contribution in [0.4, 0.5) is 0 Å². The van der Waals surface area contributed by atoms with Crippen molar-refractivity contribution in [2.24, 2.45) is 5.73 Å². The van der Waals surface area contributed by atoms with Crippen LogP contribution in [0.25, 0.3) is 10.9 Å². The number of aryl methyl sites for hydroxylation is 1. The van der Waals surface area contributed by atoms with Gasteiger partial charge in [-0.05, 0) is 43.0 Å². The molecule has 1 atom stereocenters. The van der Waals surface area contributed by atoms with E-state index in [0.29, 0.717) is 0 Å². The Labute approximate surface area is 125 Å². The monoisotopic (exact) mass is 276 g/mol. The van der Waals surface area contributed by atoms with Crippen molar-refractivity contribution in [3.8, 4) is 0 Å². The van der Waals surface area contributed by atoms with E-state index in [1.807, 2.05) is 18.3 Å². The highest BCUT2D eigenvalue weighted by atomic mass is 14.7. The molecule has 0 saturated carbocycles. The number of hydrogen-bond donors (Lipinski definition) is 1. The Bertz CT molecular complexity index is 744. The van der Waals surface area contributed by atoms with Gasteiger partial charge in [-0.3, -0.25) is 4.98 Å². The zero-order valence-electron chi connectivity index (χ0n) is 12.3. The van der Waals surface area contributed by atoms with Gasteiger partial charge in [0, 0.05) is 17.6 Å². The molecule has 0 amide bonds. The van der Waals surface area contributed by atoms with E-state index in [-0.39, 0.29) is 6.04 Å². The highest BCUT2D eigenvalue weighted by Gasteiger charge is 2.08. The average molecular weight is 276 g/mol. The molecule has 106 valence electrons. The number of benzene rings is 2. The molecule has 1 heterocycles. The molecule has 1 aromatic heterocycles. The van der Waals surface area contributed by atoms with Crippen LogP contribution in [0.15, 0.2) is 60.8 Å². The van der Waals surface area contributed by atoms with Crippen molar-refractivity contribution in [2.75, 3.05) is 0 Å². The molecular weight excluding hydrogens is 256 g/mol. The second-order valence-electron chi connectivity index (χ2n) is 5.64. The molecule has 1 unspecified atom stereocenters. The molecule has 2 N–H and O–H groups in total. The Morgan fingerprint density at radius 1 is 1.00 bits per heavy atom. The van der Waals surface area contributed by atoms with Crippen molar-refractivity contribution in [1.29, 1.82) is 0 Å². The topological polar surface area (TPSA) is 38.9 Å². The minimum Gasteiger partial charge on any atom is -0.327 e. The standard InChI is InChI=1S/C19H20N2/c1-14-5-4-6-15(11-14)12-17(20)13-16-9-10-21-19-8-3-2-7-18(16)19/h2-11,17H,12-13,20H2,1H3. The first-order chi connectivity index (χ1) is 10.2. The second kappa shape index (κ2) is 6.06. The predicted molar refractivity (Wildman–Crippen MR) is 88.3 cm³/mol. The number of rotatable bonds is 4. The highest BCUT2D eigenvalue weighted by Crippen LogP contribution is 2.18. The Balaban J connectivity index is 1.79. The van der Waals surface area contributed by atoms with E-state index in [1.165, 1.54) is 22.1 Å². The van der Waals surface area contributed by atoms with Crippen LogP contribution in [-0.4, -0.2) is 11.0 Å². The summed E-state index contributed by atoms with van der Waals surface area (Å²) in [6, 6.07) is 19.0. The van der Waals surface area contributed by atoms with Gasteiger partial charge in [-0.2, -0.15) is 0 Å². The first-order valence-electron chi connectivity index (χ1n) is 7.36. The van der Waals surface area contributed by atoms with Crippen LogP contribution < -0.4 is 5.73 Å². The van der Waals surface area contributed by atoms with Gasteiger partial charge in [0.1, 0.15) is 0 Å². The van der Waals surface area contributed by atoms with Crippen LogP contribution in [0.2, 0.25) is 0 Å². The maximum absolute atomic E-state index is 6.36. The first-order valence-corrected chi connectivity index (χ1v) is 7.36. The number of nitrogens with zero attached hydrogens (tertiary/aromatic N) is 1. The van der Waals surface area contributed by atoms with Gasteiger partial charge in [0.15, 0.2) is 0 Å². The zero-order chi connectivity index (χ0) is 14.7. The van der Waals surface area contributed by atoms with Crippen LogP contribution in [0.3, 0.4) is 0 Å². The predicted octanol–water partition coefficient (Wildman–Crippen LogP) is 3.66. The Kier molecular flexibility index (Phi) is 3.98. The number of hydrogen-bond acceptors (Lipinski definition) is 2. The van der Waals surface area contributed by atoms with Crippen LogP contribution in [0.1, 0.15) is 16.7 Å². The number of fused-ring (bicyclic) bond motifs is 1. The van der Waals surface area contributed by atoms with E-state index in [4.69, 9.17) is 5.73 Å².